The average molecular weight is 422 g/mol. The summed E-state index contributed by atoms with van der Waals surface area (Å²) < 4.78 is 24.1. The molecule has 0 atom stereocenters. The van der Waals surface area contributed by atoms with Gasteiger partial charge in [-0.25, -0.2) is 14.0 Å². The predicted molar refractivity (Wildman–Crippen MR) is 114 cm³/mol. The van der Waals surface area contributed by atoms with E-state index in [1.54, 1.807) is 25.8 Å². The lowest BCUT2D eigenvalue weighted by molar-refractivity contribution is -0.131. The van der Waals surface area contributed by atoms with Crippen LogP contribution in [-0.2, 0) is 21.1 Å². The maximum atomic E-state index is 12.7. The molecule has 29 heavy (non-hydrogen) atoms. The lowest BCUT2D eigenvalue weighted by atomic mass is 9.98. The SMILES string of the molecule is CN1NNN=C1c1ccc(CC(=O)N2CCC(CS(=O)(=O)C(C)(C)C)CC2)cc1. The molecule has 0 aliphatic carbocycles. The van der Waals surface area contributed by atoms with Gasteiger partial charge in [-0.2, -0.15) is 0 Å². The Hall–Kier alpha value is -2.13. The average Bonchev–Trinajstić information content (AvgIpc) is 3.07. The maximum Gasteiger partial charge on any atom is 0.226 e. The first-order chi connectivity index (χ1) is 13.6. The predicted octanol–water partition coefficient (Wildman–Crippen LogP) is 1.30. The van der Waals surface area contributed by atoms with Crippen molar-refractivity contribution in [3.8, 4) is 0 Å². The number of nitrogens with one attached hydrogen (secondary N) is 2. The van der Waals surface area contributed by atoms with Gasteiger partial charge in [-0.1, -0.05) is 24.3 Å². The van der Waals surface area contributed by atoms with E-state index in [1.807, 2.05) is 36.2 Å². The molecule has 2 N–H and O–H groups in total. The number of piperidine rings is 1. The van der Waals surface area contributed by atoms with Crippen molar-refractivity contribution in [2.75, 3.05) is 25.9 Å². The summed E-state index contributed by atoms with van der Waals surface area (Å²) in [6.45, 7) is 6.49. The summed E-state index contributed by atoms with van der Waals surface area (Å²) in [5.74, 6) is 1.22. The van der Waals surface area contributed by atoms with Gasteiger partial charge in [0.05, 0.1) is 16.9 Å². The largest absolute Gasteiger partial charge is 0.342 e. The summed E-state index contributed by atoms with van der Waals surface area (Å²) in [5, 5.41) is 5.94. The highest BCUT2D eigenvalue weighted by atomic mass is 32.2. The maximum absolute atomic E-state index is 12.7. The van der Waals surface area contributed by atoms with Crippen LogP contribution in [-0.4, -0.2) is 60.7 Å². The fourth-order valence-electron chi connectivity index (χ4n) is 3.51. The van der Waals surface area contributed by atoms with Crippen LogP contribution < -0.4 is 11.1 Å². The minimum absolute atomic E-state index is 0.0912. The third-order valence-corrected chi connectivity index (χ3v) is 8.40. The normalized spacial score (nSPS) is 18.6. The van der Waals surface area contributed by atoms with Crippen LogP contribution in [0.4, 0.5) is 0 Å². The Morgan fingerprint density at radius 1 is 1.17 bits per heavy atom. The van der Waals surface area contributed by atoms with Crippen molar-refractivity contribution in [3.05, 3.63) is 35.4 Å². The summed E-state index contributed by atoms with van der Waals surface area (Å²) in [6.07, 6.45) is 1.84. The van der Waals surface area contributed by atoms with Crippen LogP contribution in [0.5, 0.6) is 0 Å². The first-order valence-corrected chi connectivity index (χ1v) is 11.6. The number of amides is 1. The minimum Gasteiger partial charge on any atom is -0.342 e. The lowest BCUT2D eigenvalue weighted by Gasteiger charge is -2.33. The molecule has 2 aliphatic rings. The van der Waals surface area contributed by atoms with Gasteiger partial charge in [0, 0.05) is 25.7 Å². The highest BCUT2D eigenvalue weighted by Gasteiger charge is 2.33. The van der Waals surface area contributed by atoms with Crippen molar-refractivity contribution in [2.45, 2.75) is 44.8 Å². The van der Waals surface area contributed by atoms with Gasteiger partial charge >= 0.3 is 0 Å². The Kier molecular flexibility index (Phi) is 6.19. The molecule has 1 amide bonds. The van der Waals surface area contributed by atoms with Crippen LogP contribution in [0.25, 0.3) is 0 Å². The Morgan fingerprint density at radius 2 is 1.79 bits per heavy atom. The number of hydrogen-bond donors (Lipinski definition) is 2. The molecular formula is C20H31N5O3S. The number of nitrogens with zero attached hydrogens (tertiary/aromatic N) is 3. The summed E-state index contributed by atoms with van der Waals surface area (Å²) >= 11 is 0. The molecule has 8 nitrogen and oxygen atoms in total. The lowest BCUT2D eigenvalue weighted by Crippen LogP contribution is -2.42. The van der Waals surface area contributed by atoms with Crippen LogP contribution in [0.2, 0.25) is 0 Å². The highest BCUT2D eigenvalue weighted by molar-refractivity contribution is 7.92. The van der Waals surface area contributed by atoms with E-state index in [4.69, 9.17) is 0 Å². The zero-order valence-electron chi connectivity index (χ0n) is 17.6. The van der Waals surface area contributed by atoms with Gasteiger partial charge in [0.1, 0.15) is 0 Å². The molecule has 2 aliphatic heterocycles. The monoisotopic (exact) mass is 421 g/mol. The third kappa shape index (κ3) is 5.08. The molecule has 1 aromatic carbocycles. The second-order valence-electron chi connectivity index (χ2n) is 8.81. The van der Waals surface area contributed by atoms with Crippen molar-refractivity contribution in [1.29, 1.82) is 0 Å². The summed E-state index contributed by atoms with van der Waals surface area (Å²) in [4.78, 5) is 14.5. The summed E-state index contributed by atoms with van der Waals surface area (Å²) in [7, 11) is -1.26. The quantitative estimate of drug-likeness (QED) is 0.744. The number of hydrazine groups is 2. The molecule has 0 radical (unpaired) electrons. The van der Waals surface area contributed by atoms with E-state index in [0.717, 1.165) is 29.8 Å². The summed E-state index contributed by atoms with van der Waals surface area (Å²) in [5.41, 5.74) is 7.48. The third-order valence-electron chi connectivity index (χ3n) is 5.62. The first-order valence-electron chi connectivity index (χ1n) is 9.98. The van der Waals surface area contributed by atoms with Crippen molar-refractivity contribution in [1.82, 2.24) is 21.0 Å². The molecule has 160 valence electrons. The molecule has 3 rings (SSSR count). The van der Waals surface area contributed by atoms with Crippen LogP contribution in [0.15, 0.2) is 29.4 Å². The molecule has 0 bridgehead atoms. The number of sulfone groups is 1. The highest BCUT2D eigenvalue weighted by Crippen LogP contribution is 2.25. The van der Waals surface area contributed by atoms with Crippen molar-refractivity contribution in [3.63, 3.8) is 0 Å². The molecule has 1 fully saturated rings. The van der Waals surface area contributed by atoms with Crippen LogP contribution in [0.1, 0.15) is 44.7 Å². The minimum atomic E-state index is -3.12. The number of benzene rings is 1. The second kappa shape index (κ2) is 8.31. The topological polar surface area (TPSA) is 94.1 Å². The first kappa shape index (κ1) is 21.6. The standard InChI is InChI=1S/C20H31N5O3S/c1-20(2,3)29(27,28)14-16-9-11-25(12-10-16)18(26)13-15-5-7-17(8-6-15)19-21-22-23-24(19)4/h5-8,16,22-23H,9-14H2,1-4H3. The van der Waals surface area contributed by atoms with Crippen molar-refractivity contribution >= 4 is 21.6 Å². The fraction of sp³-hybridized carbons (Fsp3) is 0.600. The van der Waals surface area contributed by atoms with Gasteiger partial charge in [0.25, 0.3) is 0 Å². The zero-order chi connectivity index (χ0) is 21.2. The molecule has 1 saturated heterocycles. The zero-order valence-corrected chi connectivity index (χ0v) is 18.4. The molecule has 9 heteroatoms. The Morgan fingerprint density at radius 3 is 2.31 bits per heavy atom. The number of amidine groups is 1. The van der Waals surface area contributed by atoms with E-state index < -0.39 is 14.6 Å². The van der Waals surface area contributed by atoms with Crippen LogP contribution >= 0.6 is 0 Å². The van der Waals surface area contributed by atoms with Gasteiger partial charge in [0.2, 0.25) is 5.91 Å². The number of carbonyl (C=O) groups is 1. The molecule has 0 spiro atoms. The van der Waals surface area contributed by atoms with Gasteiger partial charge in [0.15, 0.2) is 15.7 Å². The van der Waals surface area contributed by atoms with E-state index in [9.17, 15) is 13.2 Å². The fourth-order valence-corrected chi connectivity index (χ4v) is 4.96. The summed E-state index contributed by atoms with van der Waals surface area (Å²) in [6, 6.07) is 7.81. The molecule has 0 saturated carbocycles. The van der Waals surface area contributed by atoms with E-state index in [0.29, 0.717) is 19.5 Å². The molecule has 0 unspecified atom stereocenters. The molecule has 2 heterocycles. The molecule has 0 aromatic heterocycles. The van der Waals surface area contributed by atoms with Crippen molar-refractivity contribution in [2.24, 2.45) is 11.0 Å². The van der Waals surface area contributed by atoms with Crippen LogP contribution in [0, 0.1) is 5.92 Å². The van der Waals surface area contributed by atoms with Gasteiger partial charge in [-0.05, 0) is 45.1 Å². The number of likely N-dealkylation sites (tertiary alicyclic amines) is 1. The second-order valence-corrected chi connectivity index (χ2v) is 11.6. The van der Waals surface area contributed by atoms with E-state index in [-0.39, 0.29) is 17.6 Å². The Balaban J connectivity index is 1.51. The number of rotatable bonds is 5. The Bertz CT molecular complexity index is 866. The number of hydrogen-bond acceptors (Lipinski definition) is 7. The van der Waals surface area contributed by atoms with Crippen LogP contribution in [0.3, 0.4) is 0 Å². The molecule has 1 aromatic rings. The number of carbonyl (C=O) groups excluding carboxylic acids is 1. The number of hydrazone groups is 1. The van der Waals surface area contributed by atoms with Gasteiger partial charge in [-0.3, -0.25) is 9.80 Å². The smallest absolute Gasteiger partial charge is 0.226 e. The van der Waals surface area contributed by atoms with Gasteiger partial charge < -0.3 is 4.90 Å². The molecular weight excluding hydrogens is 390 g/mol. The van der Waals surface area contributed by atoms with Crippen molar-refractivity contribution < 1.29 is 13.2 Å². The van der Waals surface area contributed by atoms with E-state index in [2.05, 4.69) is 16.2 Å². The van der Waals surface area contributed by atoms with E-state index in [1.165, 1.54) is 0 Å². The van der Waals surface area contributed by atoms with Gasteiger partial charge in [-0.15, -0.1) is 10.6 Å². The van der Waals surface area contributed by atoms with E-state index >= 15 is 0 Å². The Labute approximate surface area is 173 Å².